The molecule has 2 rings (SSSR count). The molecule has 0 fully saturated rings. The summed E-state index contributed by atoms with van der Waals surface area (Å²) in [6, 6.07) is 12.2. The van der Waals surface area contributed by atoms with Crippen molar-refractivity contribution in [2.24, 2.45) is 0 Å². The maximum Gasteiger partial charge on any atom is 0.152 e. The van der Waals surface area contributed by atoms with E-state index in [-0.39, 0.29) is 0 Å². The van der Waals surface area contributed by atoms with Crippen molar-refractivity contribution < 1.29 is 0 Å². The number of nitrogen functional groups attached to an aromatic ring is 1. The fourth-order valence-electron chi connectivity index (χ4n) is 2.00. The topological polar surface area (TPSA) is 42.2 Å². The standard InChI is InChI=1S/C15H19N3/c1-3-18(15-14(16)9-6-10-17-15)11-13-8-5-4-7-12(13)2/h4-10H,3,11,16H2,1-2H3. The Morgan fingerprint density at radius 3 is 2.61 bits per heavy atom. The highest BCUT2D eigenvalue weighted by Gasteiger charge is 2.10. The van der Waals surface area contributed by atoms with E-state index in [1.165, 1.54) is 11.1 Å². The fourth-order valence-corrected chi connectivity index (χ4v) is 2.00. The number of aryl methyl sites for hydroxylation is 1. The molecule has 2 N–H and O–H groups in total. The molecular formula is C15H19N3. The number of hydrogen-bond donors (Lipinski definition) is 1. The molecule has 0 amide bonds. The molecule has 0 atom stereocenters. The highest BCUT2D eigenvalue weighted by Crippen LogP contribution is 2.21. The third kappa shape index (κ3) is 2.62. The molecule has 0 saturated carbocycles. The molecule has 0 saturated heterocycles. The lowest BCUT2D eigenvalue weighted by atomic mass is 10.1. The van der Waals surface area contributed by atoms with Gasteiger partial charge in [0, 0.05) is 19.3 Å². The second kappa shape index (κ2) is 5.54. The lowest BCUT2D eigenvalue weighted by Crippen LogP contribution is -2.24. The summed E-state index contributed by atoms with van der Waals surface area (Å²) >= 11 is 0. The number of aromatic nitrogens is 1. The van der Waals surface area contributed by atoms with E-state index in [2.05, 4.69) is 48.0 Å². The van der Waals surface area contributed by atoms with Gasteiger partial charge in [-0.3, -0.25) is 0 Å². The zero-order valence-corrected chi connectivity index (χ0v) is 10.9. The quantitative estimate of drug-likeness (QED) is 0.894. The van der Waals surface area contributed by atoms with E-state index in [4.69, 9.17) is 5.73 Å². The second-order valence-corrected chi connectivity index (χ2v) is 4.36. The van der Waals surface area contributed by atoms with Crippen LogP contribution in [0.5, 0.6) is 0 Å². The Kier molecular flexibility index (Phi) is 3.82. The predicted molar refractivity (Wildman–Crippen MR) is 76.6 cm³/mol. The van der Waals surface area contributed by atoms with E-state index in [1.807, 2.05) is 12.1 Å². The molecule has 1 aromatic heterocycles. The van der Waals surface area contributed by atoms with E-state index in [0.717, 1.165) is 24.6 Å². The van der Waals surface area contributed by atoms with Crippen LogP contribution >= 0.6 is 0 Å². The normalized spacial score (nSPS) is 10.3. The van der Waals surface area contributed by atoms with Gasteiger partial charge >= 0.3 is 0 Å². The van der Waals surface area contributed by atoms with Gasteiger partial charge in [0.05, 0.1) is 5.69 Å². The molecule has 0 unspecified atom stereocenters. The van der Waals surface area contributed by atoms with Crippen molar-refractivity contribution >= 4 is 11.5 Å². The van der Waals surface area contributed by atoms with Crippen molar-refractivity contribution in [3.63, 3.8) is 0 Å². The number of pyridine rings is 1. The molecule has 1 heterocycles. The van der Waals surface area contributed by atoms with Gasteiger partial charge in [0.15, 0.2) is 5.82 Å². The van der Waals surface area contributed by atoms with E-state index in [0.29, 0.717) is 0 Å². The first-order valence-electron chi connectivity index (χ1n) is 6.22. The Labute approximate surface area is 108 Å². The largest absolute Gasteiger partial charge is 0.396 e. The number of anilines is 2. The average Bonchev–Trinajstić information content (AvgIpc) is 2.39. The van der Waals surface area contributed by atoms with Gasteiger partial charge in [0.25, 0.3) is 0 Å². The van der Waals surface area contributed by atoms with E-state index in [1.54, 1.807) is 6.20 Å². The van der Waals surface area contributed by atoms with Crippen LogP contribution in [0.15, 0.2) is 42.6 Å². The molecular weight excluding hydrogens is 222 g/mol. The Hall–Kier alpha value is -2.03. The van der Waals surface area contributed by atoms with Gasteiger partial charge < -0.3 is 10.6 Å². The highest BCUT2D eigenvalue weighted by atomic mass is 15.2. The molecule has 1 aromatic carbocycles. The molecule has 0 aliphatic heterocycles. The van der Waals surface area contributed by atoms with Crippen molar-refractivity contribution in [2.75, 3.05) is 17.2 Å². The van der Waals surface area contributed by atoms with Crippen LogP contribution in [0, 0.1) is 6.92 Å². The zero-order valence-electron chi connectivity index (χ0n) is 10.9. The van der Waals surface area contributed by atoms with Crippen LogP contribution in [-0.4, -0.2) is 11.5 Å². The van der Waals surface area contributed by atoms with Crippen LogP contribution in [0.1, 0.15) is 18.1 Å². The molecule has 18 heavy (non-hydrogen) atoms. The monoisotopic (exact) mass is 241 g/mol. The molecule has 94 valence electrons. The van der Waals surface area contributed by atoms with E-state index >= 15 is 0 Å². The summed E-state index contributed by atoms with van der Waals surface area (Å²) < 4.78 is 0. The third-order valence-electron chi connectivity index (χ3n) is 3.12. The first-order valence-corrected chi connectivity index (χ1v) is 6.22. The molecule has 3 nitrogen and oxygen atoms in total. The Bertz CT molecular complexity index is 523. The summed E-state index contributed by atoms with van der Waals surface area (Å²) in [6.45, 7) is 5.97. The van der Waals surface area contributed by atoms with Crippen LogP contribution in [0.4, 0.5) is 11.5 Å². The van der Waals surface area contributed by atoms with Gasteiger partial charge in [0.2, 0.25) is 0 Å². The Morgan fingerprint density at radius 1 is 1.17 bits per heavy atom. The highest BCUT2D eigenvalue weighted by molar-refractivity contribution is 5.62. The molecule has 3 heteroatoms. The van der Waals surface area contributed by atoms with Gasteiger partial charge in [-0.15, -0.1) is 0 Å². The minimum atomic E-state index is 0.730. The first-order chi connectivity index (χ1) is 8.72. The summed E-state index contributed by atoms with van der Waals surface area (Å²) in [5.74, 6) is 0.864. The number of hydrogen-bond acceptors (Lipinski definition) is 3. The number of rotatable bonds is 4. The maximum atomic E-state index is 5.98. The number of nitrogens with zero attached hydrogens (tertiary/aromatic N) is 2. The smallest absolute Gasteiger partial charge is 0.152 e. The van der Waals surface area contributed by atoms with Gasteiger partial charge in [-0.25, -0.2) is 4.98 Å². The lowest BCUT2D eigenvalue weighted by Gasteiger charge is -2.24. The molecule has 2 aromatic rings. The Morgan fingerprint density at radius 2 is 1.94 bits per heavy atom. The summed E-state index contributed by atoms with van der Waals surface area (Å²) in [5.41, 5.74) is 9.32. The molecule has 0 aliphatic carbocycles. The zero-order chi connectivity index (χ0) is 13.0. The first kappa shape index (κ1) is 12.4. The van der Waals surface area contributed by atoms with Gasteiger partial charge in [0.1, 0.15) is 0 Å². The van der Waals surface area contributed by atoms with Crippen LogP contribution in [0.3, 0.4) is 0 Å². The molecule has 0 aliphatic rings. The number of nitrogens with two attached hydrogens (primary N) is 1. The van der Waals surface area contributed by atoms with Crippen molar-refractivity contribution in [3.05, 3.63) is 53.7 Å². The lowest BCUT2D eigenvalue weighted by molar-refractivity contribution is 0.811. The average molecular weight is 241 g/mol. The van der Waals surface area contributed by atoms with Crippen molar-refractivity contribution in [2.45, 2.75) is 20.4 Å². The SMILES string of the molecule is CCN(Cc1ccccc1C)c1ncccc1N. The Balaban J connectivity index is 2.26. The summed E-state index contributed by atoms with van der Waals surface area (Å²) in [4.78, 5) is 6.57. The van der Waals surface area contributed by atoms with Crippen molar-refractivity contribution in [1.29, 1.82) is 0 Å². The van der Waals surface area contributed by atoms with Crippen LogP contribution < -0.4 is 10.6 Å². The number of benzene rings is 1. The third-order valence-corrected chi connectivity index (χ3v) is 3.12. The van der Waals surface area contributed by atoms with E-state index < -0.39 is 0 Å². The fraction of sp³-hybridized carbons (Fsp3) is 0.267. The molecule has 0 bridgehead atoms. The van der Waals surface area contributed by atoms with Gasteiger partial charge in [-0.1, -0.05) is 24.3 Å². The molecule has 0 spiro atoms. The van der Waals surface area contributed by atoms with Crippen LogP contribution in [-0.2, 0) is 6.54 Å². The molecule has 0 radical (unpaired) electrons. The van der Waals surface area contributed by atoms with Gasteiger partial charge in [-0.2, -0.15) is 0 Å². The van der Waals surface area contributed by atoms with Crippen molar-refractivity contribution in [1.82, 2.24) is 4.98 Å². The van der Waals surface area contributed by atoms with Crippen LogP contribution in [0.2, 0.25) is 0 Å². The van der Waals surface area contributed by atoms with Crippen molar-refractivity contribution in [3.8, 4) is 0 Å². The summed E-state index contributed by atoms with van der Waals surface area (Å²) in [7, 11) is 0. The van der Waals surface area contributed by atoms with Crippen LogP contribution in [0.25, 0.3) is 0 Å². The minimum absolute atomic E-state index is 0.730. The summed E-state index contributed by atoms with van der Waals surface area (Å²) in [6.07, 6.45) is 1.78. The minimum Gasteiger partial charge on any atom is -0.396 e. The summed E-state index contributed by atoms with van der Waals surface area (Å²) in [5, 5.41) is 0. The van der Waals surface area contributed by atoms with E-state index in [9.17, 15) is 0 Å². The second-order valence-electron chi connectivity index (χ2n) is 4.36. The van der Waals surface area contributed by atoms with Gasteiger partial charge in [-0.05, 0) is 37.1 Å². The predicted octanol–water partition coefficient (Wildman–Crippen LogP) is 3.00. The maximum absolute atomic E-state index is 5.98.